The van der Waals surface area contributed by atoms with Crippen molar-refractivity contribution >= 4 is 45.7 Å². The van der Waals surface area contributed by atoms with Crippen LogP contribution in [0.4, 0.5) is 21.5 Å². The zero-order valence-corrected chi connectivity index (χ0v) is 63.3. The maximum atomic E-state index is 18.4. The van der Waals surface area contributed by atoms with Crippen molar-refractivity contribution < 1.29 is 28.2 Å². The minimum Gasteiger partial charge on any atom is -0.497 e. The summed E-state index contributed by atoms with van der Waals surface area (Å²) < 4.78 is 37.6. The van der Waals surface area contributed by atoms with Gasteiger partial charge in [0, 0.05) is 63.4 Å². The molecule has 1 unspecified atom stereocenters. The average Bonchev–Trinajstić information content (AvgIpc) is 1.49. The monoisotopic (exact) mass is 1430 g/mol. The number of fused-ring (bicyclic) bond motifs is 8. The Morgan fingerprint density at radius 1 is 0.509 bits per heavy atom. The van der Waals surface area contributed by atoms with Gasteiger partial charge in [-0.1, -0.05) is 219 Å². The molecule has 0 radical (unpaired) electrons. The molecule has 108 heavy (non-hydrogen) atoms. The molecule has 0 bridgehead atoms. The lowest BCUT2D eigenvalue weighted by Crippen LogP contribution is -2.37. The normalized spacial score (nSPS) is 19.2. The van der Waals surface area contributed by atoms with Crippen molar-refractivity contribution in [1.29, 1.82) is 0 Å². The summed E-state index contributed by atoms with van der Waals surface area (Å²) in [5.74, 6) is 3.42. The van der Waals surface area contributed by atoms with Crippen LogP contribution in [-0.2, 0) is 15.8 Å². The van der Waals surface area contributed by atoms with Crippen LogP contribution in [0.2, 0.25) is 0 Å². The highest BCUT2D eigenvalue weighted by Crippen LogP contribution is 2.60. The van der Waals surface area contributed by atoms with Crippen LogP contribution in [0, 0.1) is 17.7 Å². The summed E-state index contributed by atoms with van der Waals surface area (Å²) in [7, 11) is 1.66. The van der Waals surface area contributed by atoms with Gasteiger partial charge < -0.3 is 29.7 Å². The molecule has 2 amide bonds. The van der Waals surface area contributed by atoms with Crippen LogP contribution in [0.1, 0.15) is 202 Å². The molecule has 2 saturated carbocycles. The molecular weight excluding hydrogens is 1330 g/mol. The predicted molar refractivity (Wildman–Crippen MR) is 443 cm³/mol. The van der Waals surface area contributed by atoms with E-state index in [2.05, 4.69) is 165 Å². The third-order valence-corrected chi connectivity index (χ3v) is 24.7. The topological polar surface area (TPSA) is 89.1 Å². The number of benzene rings is 11. The predicted octanol–water partition coefficient (Wildman–Crippen LogP) is 25.4. The van der Waals surface area contributed by atoms with Crippen LogP contribution in [0.15, 0.2) is 231 Å². The number of amides is 2. The highest BCUT2D eigenvalue weighted by Gasteiger charge is 2.45. The molecular formula is C99H100FN3O5. The van der Waals surface area contributed by atoms with Crippen molar-refractivity contribution in [2.24, 2.45) is 11.8 Å². The second kappa shape index (κ2) is 31.5. The van der Waals surface area contributed by atoms with E-state index >= 15 is 4.39 Å². The van der Waals surface area contributed by atoms with Gasteiger partial charge in [0.25, 0.3) is 11.8 Å². The van der Waals surface area contributed by atoms with Gasteiger partial charge >= 0.3 is 0 Å². The molecule has 2 aliphatic heterocycles. The number of morpholine rings is 1. The molecule has 8 nitrogen and oxygen atoms in total. The number of carbonyl (C=O) groups is 2. The SMILES string of the molecule is CCCCCC1CCC(c2ccc(-c3ccc(C(=O)Nc4ccc(-c5ccc6c(c5)-c5c(c7c(c8c(F)cc(-c9ccc(NC(=O)c%10ccc(-c%11ccc(C%12CCC(CCCCC)CC%12)cc%11)cc%10)cc9)cc58)OC(c5ccc(OC)cc5)(c5ccc(N8CCOCC8)cc5)C=C7)C6(C)C)cc4)cc3)cc2)CC1. The first-order chi connectivity index (χ1) is 52.8. The molecule has 16 rings (SSSR count). The summed E-state index contributed by atoms with van der Waals surface area (Å²) in [6, 6.07) is 76.6. The second-order valence-corrected chi connectivity index (χ2v) is 31.7. The number of anilines is 3. The van der Waals surface area contributed by atoms with E-state index in [0.29, 0.717) is 70.0 Å². The summed E-state index contributed by atoms with van der Waals surface area (Å²) in [5, 5.41) is 7.40. The minimum absolute atomic E-state index is 0.176. The van der Waals surface area contributed by atoms with Crippen LogP contribution in [0.5, 0.6) is 11.5 Å². The van der Waals surface area contributed by atoms with Gasteiger partial charge in [-0.25, -0.2) is 4.39 Å². The number of hydrogen-bond donors (Lipinski definition) is 2. The largest absolute Gasteiger partial charge is 0.497 e. The van der Waals surface area contributed by atoms with E-state index in [9.17, 15) is 9.59 Å². The van der Waals surface area contributed by atoms with Gasteiger partial charge in [0.1, 0.15) is 17.3 Å². The van der Waals surface area contributed by atoms with Crippen LogP contribution in [0.25, 0.3) is 72.5 Å². The molecule has 0 aromatic heterocycles. The molecule has 548 valence electrons. The molecule has 1 atom stereocenters. The van der Waals surface area contributed by atoms with Crippen molar-refractivity contribution in [3.8, 4) is 67.1 Å². The second-order valence-electron chi connectivity index (χ2n) is 31.7. The van der Waals surface area contributed by atoms with Gasteiger partial charge in [-0.15, -0.1) is 0 Å². The van der Waals surface area contributed by atoms with E-state index in [1.807, 2.05) is 109 Å². The summed E-state index contributed by atoms with van der Waals surface area (Å²) in [4.78, 5) is 30.2. The number of halogens is 1. The van der Waals surface area contributed by atoms with E-state index in [1.165, 1.54) is 114 Å². The number of rotatable bonds is 22. The Bertz CT molecular complexity index is 5050. The molecule has 3 fully saturated rings. The van der Waals surface area contributed by atoms with Crippen molar-refractivity contribution in [3.05, 3.63) is 286 Å². The summed E-state index contributed by atoms with van der Waals surface area (Å²) in [5.41, 5.74) is 19.3. The molecule has 3 aliphatic carbocycles. The first kappa shape index (κ1) is 71.9. The summed E-state index contributed by atoms with van der Waals surface area (Å²) >= 11 is 0. The van der Waals surface area contributed by atoms with Crippen molar-refractivity contribution in [2.45, 2.75) is 153 Å². The number of nitrogens with one attached hydrogen (secondary N) is 2. The third kappa shape index (κ3) is 14.7. The van der Waals surface area contributed by atoms with E-state index in [1.54, 1.807) is 13.2 Å². The van der Waals surface area contributed by atoms with Gasteiger partial charge in [0.05, 0.1) is 25.7 Å². The lowest BCUT2D eigenvalue weighted by atomic mass is 9.76. The maximum Gasteiger partial charge on any atom is 0.255 e. The minimum atomic E-state index is -1.17. The van der Waals surface area contributed by atoms with Crippen molar-refractivity contribution in [3.63, 3.8) is 0 Å². The highest BCUT2D eigenvalue weighted by atomic mass is 19.1. The summed E-state index contributed by atoms with van der Waals surface area (Å²) in [6.07, 6.45) is 25.6. The number of hydrogen-bond acceptors (Lipinski definition) is 6. The fraction of sp³-hybridized carbons (Fsp3) is 0.313. The number of ether oxygens (including phenoxy) is 3. The Kier molecular flexibility index (Phi) is 20.9. The molecule has 0 spiro atoms. The number of methoxy groups -OCH3 is 1. The smallest absolute Gasteiger partial charge is 0.255 e. The van der Waals surface area contributed by atoms with Crippen molar-refractivity contribution in [2.75, 3.05) is 48.9 Å². The van der Waals surface area contributed by atoms with Gasteiger partial charge in [-0.3, -0.25) is 9.59 Å². The number of unbranched alkanes of at least 4 members (excludes halogenated alkanes) is 4. The zero-order valence-electron chi connectivity index (χ0n) is 63.3. The zero-order chi connectivity index (χ0) is 73.9. The standard InChI is InChI=1S/C99H100FN3O5/c1-6-8-10-12-65-14-18-67(19-15-65)69-22-26-71(27-23-69)73-30-34-77(35-31-73)96(104)101-83-47-38-75(39-48-83)79-42-55-90-88(62-79)92-89-63-80(76-40-49-84(50-41-76)102-97(105)78-36-32-74(33-37-78)72-28-24-70(25-29-72)68-20-16-66(17-21-68)13-11-9-7-2)64-91(100)93(89)95-87(94(92)98(90,3)4)56-57-99(108-95,82-45-53-86(106-5)54-46-82)81-43-51-85(52-44-81)103-58-60-107-61-59-103/h22-57,62-68H,6-21,58-61H2,1-5H3,(H,101,104)(H,102,105). The molecule has 11 aromatic carbocycles. The fourth-order valence-electron chi connectivity index (χ4n) is 18.3. The Morgan fingerprint density at radius 3 is 1.45 bits per heavy atom. The molecule has 5 aliphatic rings. The quantitative estimate of drug-likeness (QED) is 0.0657. The number of nitrogens with zero attached hydrogens (tertiary/aromatic N) is 1. The molecule has 2 heterocycles. The maximum absolute atomic E-state index is 18.4. The van der Waals surface area contributed by atoms with E-state index < -0.39 is 16.8 Å². The highest BCUT2D eigenvalue weighted by molar-refractivity contribution is 6.11. The van der Waals surface area contributed by atoms with E-state index in [0.717, 1.165) is 114 Å². The lowest BCUT2D eigenvalue weighted by Gasteiger charge is -2.39. The van der Waals surface area contributed by atoms with Gasteiger partial charge in [0.15, 0.2) is 5.60 Å². The van der Waals surface area contributed by atoms with Gasteiger partial charge in [-0.2, -0.15) is 0 Å². The van der Waals surface area contributed by atoms with Crippen LogP contribution in [-0.4, -0.2) is 45.2 Å². The number of carbonyl (C=O) groups excluding carboxylic acids is 2. The first-order valence-electron chi connectivity index (χ1n) is 40.0. The molecule has 1 saturated heterocycles. The van der Waals surface area contributed by atoms with Gasteiger partial charge in [-0.05, 0) is 255 Å². The lowest BCUT2D eigenvalue weighted by molar-refractivity contribution is 0.101. The molecule has 2 N–H and O–H groups in total. The summed E-state index contributed by atoms with van der Waals surface area (Å²) in [6.45, 7) is 12.0. The van der Waals surface area contributed by atoms with Crippen LogP contribution >= 0.6 is 0 Å². The van der Waals surface area contributed by atoms with Crippen molar-refractivity contribution in [1.82, 2.24) is 0 Å². The van der Waals surface area contributed by atoms with Crippen LogP contribution in [0.3, 0.4) is 0 Å². The Labute approximate surface area is 637 Å². The Hall–Kier alpha value is -10.4. The Balaban J connectivity index is 0.680. The third-order valence-electron chi connectivity index (χ3n) is 24.7. The Morgan fingerprint density at radius 2 is 0.963 bits per heavy atom. The molecule has 9 heteroatoms. The van der Waals surface area contributed by atoms with Crippen LogP contribution < -0.4 is 25.0 Å². The first-order valence-corrected chi connectivity index (χ1v) is 40.0. The van der Waals surface area contributed by atoms with E-state index in [-0.39, 0.29) is 11.8 Å². The average molecular weight is 1430 g/mol. The van der Waals surface area contributed by atoms with E-state index in [4.69, 9.17) is 14.2 Å². The van der Waals surface area contributed by atoms with Gasteiger partial charge in [0.2, 0.25) is 0 Å². The fourth-order valence-corrected chi connectivity index (χ4v) is 18.3. The molecule has 11 aromatic rings.